The Morgan fingerprint density at radius 1 is 1.69 bits per heavy atom. The number of carbonyl (C=O) groups excluding carboxylic acids is 1. The smallest absolute Gasteiger partial charge is 0.322 e. The molecule has 0 saturated carbocycles. The molecule has 0 spiro atoms. The van der Waals surface area contributed by atoms with Crippen molar-refractivity contribution in [2.75, 3.05) is 7.11 Å². The fourth-order valence-corrected chi connectivity index (χ4v) is 1.30. The molecule has 5 heteroatoms. The molecule has 16 heavy (non-hydrogen) atoms. The highest BCUT2D eigenvalue weighted by Gasteiger charge is 2.17. The van der Waals surface area contributed by atoms with E-state index in [-0.39, 0.29) is 17.5 Å². The lowest BCUT2D eigenvalue weighted by Gasteiger charge is -2.10. The third-order valence-corrected chi connectivity index (χ3v) is 2.14. The Balaban J connectivity index is 2.90. The number of methoxy groups -OCH3 is 1. The van der Waals surface area contributed by atoms with E-state index in [0.717, 1.165) is 0 Å². The number of hydrogen-bond donors (Lipinski definition) is 1. The SMILES string of the molecule is COC(=O)[C@H](N)Cc1cccc(C#N)c1F. The van der Waals surface area contributed by atoms with Crippen LogP contribution in [0.4, 0.5) is 4.39 Å². The van der Waals surface area contributed by atoms with Crippen molar-refractivity contribution in [1.82, 2.24) is 0 Å². The van der Waals surface area contributed by atoms with Gasteiger partial charge in [-0.25, -0.2) is 4.39 Å². The zero-order chi connectivity index (χ0) is 12.1. The maximum absolute atomic E-state index is 13.6. The first-order valence-electron chi connectivity index (χ1n) is 4.61. The van der Waals surface area contributed by atoms with E-state index in [2.05, 4.69) is 4.74 Å². The van der Waals surface area contributed by atoms with E-state index in [0.29, 0.717) is 0 Å². The molecule has 0 aromatic heterocycles. The zero-order valence-electron chi connectivity index (χ0n) is 8.74. The Morgan fingerprint density at radius 2 is 2.38 bits per heavy atom. The summed E-state index contributed by atoms with van der Waals surface area (Å²) in [6.45, 7) is 0. The molecular formula is C11H11FN2O2. The Hall–Kier alpha value is -1.93. The second-order valence-electron chi connectivity index (χ2n) is 3.22. The standard InChI is InChI=1S/C11H11FN2O2/c1-16-11(15)9(14)5-7-3-2-4-8(6-13)10(7)12/h2-4,9H,5,14H2,1H3/t9-/m1/s1. The van der Waals surface area contributed by atoms with E-state index in [1.165, 1.54) is 19.2 Å². The normalized spacial score (nSPS) is 11.6. The van der Waals surface area contributed by atoms with Gasteiger partial charge in [-0.05, 0) is 11.6 Å². The van der Waals surface area contributed by atoms with Crippen LogP contribution in [0.25, 0.3) is 0 Å². The molecule has 1 aromatic rings. The first-order chi connectivity index (χ1) is 7.60. The summed E-state index contributed by atoms with van der Waals surface area (Å²) in [7, 11) is 1.21. The Morgan fingerprint density at radius 3 is 2.94 bits per heavy atom. The molecule has 0 fully saturated rings. The molecule has 1 rings (SSSR count). The van der Waals surface area contributed by atoms with Crippen LogP contribution < -0.4 is 5.73 Å². The maximum Gasteiger partial charge on any atom is 0.322 e. The van der Waals surface area contributed by atoms with Gasteiger partial charge in [0.15, 0.2) is 0 Å². The first kappa shape index (κ1) is 12.1. The monoisotopic (exact) mass is 222 g/mol. The summed E-state index contributed by atoms with van der Waals surface area (Å²) < 4.78 is 18.0. The summed E-state index contributed by atoms with van der Waals surface area (Å²) in [6.07, 6.45) is 0.00796. The summed E-state index contributed by atoms with van der Waals surface area (Å²) in [5, 5.41) is 8.62. The number of nitrogens with zero attached hydrogens (tertiary/aromatic N) is 1. The van der Waals surface area contributed by atoms with Gasteiger partial charge >= 0.3 is 5.97 Å². The number of ether oxygens (including phenoxy) is 1. The van der Waals surface area contributed by atoms with Crippen LogP contribution in [0.15, 0.2) is 18.2 Å². The van der Waals surface area contributed by atoms with Gasteiger partial charge in [-0.1, -0.05) is 12.1 Å². The Labute approximate surface area is 92.4 Å². The molecule has 1 aromatic carbocycles. The minimum Gasteiger partial charge on any atom is -0.468 e. The average Bonchev–Trinajstić information content (AvgIpc) is 2.30. The molecule has 2 N–H and O–H groups in total. The molecule has 0 aliphatic rings. The van der Waals surface area contributed by atoms with E-state index >= 15 is 0 Å². The van der Waals surface area contributed by atoms with Gasteiger partial charge in [-0.3, -0.25) is 4.79 Å². The van der Waals surface area contributed by atoms with Gasteiger partial charge in [-0.2, -0.15) is 5.26 Å². The highest BCUT2D eigenvalue weighted by molar-refractivity contribution is 5.75. The van der Waals surface area contributed by atoms with Crippen molar-refractivity contribution in [1.29, 1.82) is 5.26 Å². The number of hydrogen-bond acceptors (Lipinski definition) is 4. The quantitative estimate of drug-likeness (QED) is 0.765. The highest BCUT2D eigenvalue weighted by atomic mass is 19.1. The molecule has 0 aliphatic carbocycles. The highest BCUT2D eigenvalue weighted by Crippen LogP contribution is 2.13. The molecule has 0 amide bonds. The molecule has 4 nitrogen and oxygen atoms in total. The van der Waals surface area contributed by atoms with Crippen molar-refractivity contribution in [2.24, 2.45) is 5.73 Å². The van der Waals surface area contributed by atoms with Gasteiger partial charge in [0.25, 0.3) is 0 Å². The van der Waals surface area contributed by atoms with Gasteiger partial charge in [0.05, 0.1) is 12.7 Å². The van der Waals surface area contributed by atoms with Crippen LogP contribution in [-0.2, 0) is 16.0 Å². The second-order valence-corrected chi connectivity index (χ2v) is 3.22. The van der Waals surface area contributed by atoms with Crippen LogP contribution in [-0.4, -0.2) is 19.1 Å². The Bertz CT molecular complexity index is 440. The van der Waals surface area contributed by atoms with Gasteiger partial charge < -0.3 is 10.5 Å². The van der Waals surface area contributed by atoms with E-state index in [1.54, 1.807) is 12.1 Å². The maximum atomic E-state index is 13.6. The summed E-state index contributed by atoms with van der Waals surface area (Å²) in [6, 6.07) is 5.19. The van der Waals surface area contributed by atoms with Gasteiger partial charge in [-0.15, -0.1) is 0 Å². The van der Waals surface area contributed by atoms with Gasteiger partial charge in [0.2, 0.25) is 0 Å². The van der Waals surface area contributed by atoms with Crippen LogP contribution in [0.1, 0.15) is 11.1 Å². The lowest BCUT2D eigenvalue weighted by atomic mass is 10.0. The van der Waals surface area contributed by atoms with Crippen molar-refractivity contribution in [2.45, 2.75) is 12.5 Å². The molecule has 0 bridgehead atoms. The van der Waals surface area contributed by atoms with Crippen LogP contribution in [0.3, 0.4) is 0 Å². The largest absolute Gasteiger partial charge is 0.468 e. The van der Waals surface area contributed by atoms with Crippen molar-refractivity contribution in [3.05, 3.63) is 35.1 Å². The molecule has 0 radical (unpaired) electrons. The molecule has 1 atom stereocenters. The lowest BCUT2D eigenvalue weighted by molar-refractivity contribution is -0.142. The lowest BCUT2D eigenvalue weighted by Crippen LogP contribution is -2.33. The molecule has 84 valence electrons. The zero-order valence-corrected chi connectivity index (χ0v) is 8.74. The molecule has 0 heterocycles. The van der Waals surface area contributed by atoms with Crippen molar-refractivity contribution >= 4 is 5.97 Å². The van der Waals surface area contributed by atoms with Crippen molar-refractivity contribution in [3.8, 4) is 6.07 Å². The fraction of sp³-hybridized carbons (Fsp3) is 0.273. The minimum atomic E-state index is -0.923. The number of nitrogens with two attached hydrogens (primary N) is 1. The van der Waals surface area contributed by atoms with Crippen LogP contribution in [0.5, 0.6) is 0 Å². The third kappa shape index (κ3) is 2.55. The van der Waals surface area contributed by atoms with Crippen LogP contribution >= 0.6 is 0 Å². The van der Waals surface area contributed by atoms with Crippen molar-refractivity contribution in [3.63, 3.8) is 0 Å². The van der Waals surface area contributed by atoms with E-state index in [1.807, 2.05) is 0 Å². The molecule has 0 aliphatic heterocycles. The first-order valence-corrected chi connectivity index (χ1v) is 4.61. The van der Waals surface area contributed by atoms with E-state index < -0.39 is 17.8 Å². The summed E-state index contributed by atoms with van der Waals surface area (Å²) >= 11 is 0. The van der Waals surface area contributed by atoms with E-state index in [4.69, 9.17) is 11.0 Å². The topological polar surface area (TPSA) is 76.1 Å². The molecule has 0 saturated heterocycles. The number of halogens is 1. The number of benzene rings is 1. The van der Waals surface area contributed by atoms with Gasteiger partial charge in [0.1, 0.15) is 17.9 Å². The average molecular weight is 222 g/mol. The second kappa shape index (κ2) is 5.24. The predicted octanol–water partition coefficient (Wildman–Crippen LogP) is 0.740. The summed E-state index contributed by atoms with van der Waals surface area (Å²) in [5.74, 6) is -1.24. The predicted molar refractivity (Wildman–Crippen MR) is 54.8 cm³/mol. The number of carbonyl (C=O) groups is 1. The minimum absolute atomic E-state index is 0.00796. The number of nitriles is 1. The summed E-state index contributed by atoms with van der Waals surface area (Å²) in [4.78, 5) is 11.0. The third-order valence-electron chi connectivity index (χ3n) is 2.14. The van der Waals surface area contributed by atoms with Crippen LogP contribution in [0, 0.1) is 17.1 Å². The van der Waals surface area contributed by atoms with Crippen molar-refractivity contribution < 1.29 is 13.9 Å². The Kier molecular flexibility index (Phi) is 3.97. The van der Waals surface area contributed by atoms with E-state index in [9.17, 15) is 9.18 Å². The molecule has 0 unspecified atom stereocenters. The number of rotatable bonds is 3. The molecular weight excluding hydrogens is 211 g/mol. The fourth-order valence-electron chi connectivity index (χ4n) is 1.30. The summed E-state index contributed by atoms with van der Waals surface area (Å²) in [5.41, 5.74) is 5.67. The number of esters is 1. The van der Waals surface area contributed by atoms with Gasteiger partial charge in [0, 0.05) is 6.42 Å². The van der Waals surface area contributed by atoms with Crippen LogP contribution in [0.2, 0.25) is 0 Å².